The maximum absolute atomic E-state index is 14.3. The van der Waals surface area contributed by atoms with Crippen molar-refractivity contribution in [2.45, 2.75) is 89.2 Å². The number of aliphatic hydroxyl groups excluding tert-OH is 3. The van der Waals surface area contributed by atoms with Crippen LogP contribution >= 0.6 is 0 Å². The van der Waals surface area contributed by atoms with E-state index in [-0.39, 0.29) is 30.6 Å². The molecule has 3 aliphatic carbocycles. The lowest BCUT2D eigenvalue weighted by Gasteiger charge is -2.67. The molecule has 1 aliphatic heterocycles. The van der Waals surface area contributed by atoms with Crippen molar-refractivity contribution in [1.82, 2.24) is 0 Å². The van der Waals surface area contributed by atoms with Gasteiger partial charge in [0.15, 0.2) is 11.4 Å². The van der Waals surface area contributed by atoms with E-state index in [0.29, 0.717) is 5.57 Å². The average Bonchev–Trinajstić information content (AvgIpc) is 2.87. The van der Waals surface area contributed by atoms with E-state index in [2.05, 4.69) is 0 Å². The van der Waals surface area contributed by atoms with Crippen LogP contribution in [0.15, 0.2) is 41.5 Å². The first-order valence-electron chi connectivity index (χ1n) is 13.2. The number of esters is 2. The molecular formula is C29H36O10. The van der Waals surface area contributed by atoms with Crippen LogP contribution in [0.3, 0.4) is 0 Å². The third-order valence-electron chi connectivity index (χ3n) is 9.95. The van der Waals surface area contributed by atoms with Crippen LogP contribution < -0.4 is 0 Å². The molecule has 2 saturated carbocycles. The second-order valence-electron chi connectivity index (χ2n) is 12.2. The molecule has 1 saturated heterocycles. The standard InChI is InChI=1S/C29H36O10/c1-14-17(31)12-29(36)24(38-25(35)16-9-7-6-8-10-16)22-27(5,23(34)21(33)20(14)26(29,3)4)18(32)11-19-28(22,13-37-19)39-15(2)30/h6-10,17-19,21-22,24,31-33,36H,11-13H2,1-5H3/t17-,18-,19?,21+,22-,24-,27+,28-,29+/m0/s1. The Hall–Kier alpha value is -2.63. The molecule has 1 aromatic rings. The number of carbonyl (C=O) groups excluding carboxylic acids is 3. The van der Waals surface area contributed by atoms with Crippen LogP contribution in [0, 0.1) is 16.7 Å². The van der Waals surface area contributed by atoms with Crippen molar-refractivity contribution in [2.24, 2.45) is 16.7 Å². The largest absolute Gasteiger partial charge is 0.455 e. The van der Waals surface area contributed by atoms with Gasteiger partial charge in [-0.05, 0) is 37.1 Å². The zero-order chi connectivity index (χ0) is 28.7. The van der Waals surface area contributed by atoms with Gasteiger partial charge < -0.3 is 34.6 Å². The Bertz CT molecular complexity index is 1240. The lowest BCUT2D eigenvalue weighted by Crippen LogP contribution is -2.81. The van der Waals surface area contributed by atoms with E-state index in [1.54, 1.807) is 39.0 Å². The number of aliphatic hydroxyl groups is 4. The van der Waals surface area contributed by atoms with Crippen LogP contribution in [0.2, 0.25) is 0 Å². The summed E-state index contributed by atoms with van der Waals surface area (Å²) in [7, 11) is 0. The van der Waals surface area contributed by atoms with Gasteiger partial charge in [-0.1, -0.05) is 32.0 Å². The fourth-order valence-electron chi connectivity index (χ4n) is 7.66. The highest BCUT2D eigenvalue weighted by atomic mass is 16.6. The highest BCUT2D eigenvalue weighted by molar-refractivity contribution is 5.94. The van der Waals surface area contributed by atoms with Crippen LogP contribution in [0.25, 0.3) is 0 Å². The summed E-state index contributed by atoms with van der Waals surface area (Å²) < 4.78 is 17.7. The second kappa shape index (κ2) is 8.94. The smallest absolute Gasteiger partial charge is 0.338 e. The van der Waals surface area contributed by atoms with E-state index in [1.807, 2.05) is 0 Å². The lowest BCUT2D eigenvalue weighted by molar-refractivity contribution is -0.345. The summed E-state index contributed by atoms with van der Waals surface area (Å²) in [5.41, 5.74) is -6.24. The highest BCUT2D eigenvalue weighted by Crippen LogP contribution is 2.63. The predicted octanol–water partition coefficient (Wildman–Crippen LogP) is 1.08. The number of hydrogen-bond acceptors (Lipinski definition) is 10. The number of ketones is 1. The molecule has 9 atom stereocenters. The Morgan fingerprint density at radius 1 is 1.08 bits per heavy atom. The van der Waals surface area contributed by atoms with Crippen molar-refractivity contribution in [1.29, 1.82) is 0 Å². The van der Waals surface area contributed by atoms with Crippen molar-refractivity contribution >= 4 is 17.7 Å². The Labute approximate surface area is 226 Å². The normalized spacial score (nSPS) is 42.7. The van der Waals surface area contributed by atoms with Crippen molar-refractivity contribution in [3.63, 3.8) is 0 Å². The van der Waals surface area contributed by atoms with Gasteiger partial charge in [-0.2, -0.15) is 0 Å². The monoisotopic (exact) mass is 544 g/mol. The highest BCUT2D eigenvalue weighted by Gasteiger charge is 2.77. The molecule has 5 rings (SSSR count). The minimum atomic E-state index is -2.07. The molecule has 10 nitrogen and oxygen atoms in total. The van der Waals surface area contributed by atoms with Crippen LogP contribution in [0.4, 0.5) is 0 Å². The molecule has 0 amide bonds. The molecule has 4 N–H and O–H groups in total. The van der Waals surface area contributed by atoms with Gasteiger partial charge in [0.25, 0.3) is 0 Å². The average molecular weight is 545 g/mol. The van der Waals surface area contributed by atoms with Gasteiger partial charge >= 0.3 is 11.9 Å². The van der Waals surface area contributed by atoms with Crippen LogP contribution in [0.1, 0.15) is 57.8 Å². The number of ether oxygens (including phenoxy) is 3. The van der Waals surface area contributed by atoms with Gasteiger partial charge in [0.2, 0.25) is 0 Å². The molecule has 1 aromatic carbocycles. The SMILES string of the molecule is CC(=O)O[C@@]12COC1C[C@H](O)[C@@]1(C)C(=O)[C@H](O)C3=C(C)[C@@H](O)C[C@@](O)([C@@H](OC(=O)c4ccccc4)[C@@H]12)C3(C)C. The Balaban J connectivity index is 1.81. The fourth-order valence-corrected chi connectivity index (χ4v) is 7.66. The Morgan fingerprint density at radius 3 is 2.28 bits per heavy atom. The number of hydrogen-bond donors (Lipinski definition) is 4. The molecule has 10 heteroatoms. The molecular weight excluding hydrogens is 508 g/mol. The van der Waals surface area contributed by atoms with Gasteiger partial charge in [0.05, 0.1) is 35.7 Å². The first-order chi connectivity index (χ1) is 18.1. The third kappa shape index (κ3) is 3.62. The van der Waals surface area contributed by atoms with E-state index in [1.165, 1.54) is 26.0 Å². The van der Waals surface area contributed by atoms with E-state index >= 15 is 0 Å². The number of benzene rings is 1. The van der Waals surface area contributed by atoms with Crippen molar-refractivity contribution in [2.75, 3.05) is 6.61 Å². The number of Topliss-reactive ketones (excluding diaryl/α,β-unsaturated/α-hetero) is 1. The molecule has 0 spiro atoms. The molecule has 0 radical (unpaired) electrons. The van der Waals surface area contributed by atoms with Gasteiger partial charge in [-0.25, -0.2) is 4.79 Å². The second-order valence-corrected chi connectivity index (χ2v) is 12.2. The molecule has 1 unspecified atom stereocenters. The first kappa shape index (κ1) is 27.9. The van der Waals surface area contributed by atoms with E-state index in [9.17, 15) is 34.8 Å². The van der Waals surface area contributed by atoms with Gasteiger partial charge in [-0.15, -0.1) is 0 Å². The van der Waals surface area contributed by atoms with Gasteiger partial charge in [0.1, 0.15) is 23.9 Å². The summed E-state index contributed by atoms with van der Waals surface area (Å²) >= 11 is 0. The van der Waals surface area contributed by atoms with Crippen molar-refractivity contribution in [3.05, 3.63) is 47.0 Å². The number of rotatable bonds is 3. The number of fused-ring (bicyclic) bond motifs is 5. The predicted molar refractivity (Wildman–Crippen MR) is 135 cm³/mol. The summed E-state index contributed by atoms with van der Waals surface area (Å²) in [6, 6.07) is 8.08. The summed E-state index contributed by atoms with van der Waals surface area (Å²) in [4.78, 5) is 40.3. The number of carbonyl (C=O) groups is 3. The first-order valence-corrected chi connectivity index (χ1v) is 13.2. The fraction of sp³-hybridized carbons (Fsp3) is 0.621. The molecule has 39 heavy (non-hydrogen) atoms. The Kier molecular flexibility index (Phi) is 6.40. The molecule has 212 valence electrons. The quantitative estimate of drug-likeness (QED) is 0.320. The summed E-state index contributed by atoms with van der Waals surface area (Å²) in [6.45, 7) is 7.29. The molecule has 2 bridgehead atoms. The topological polar surface area (TPSA) is 160 Å². The van der Waals surface area contributed by atoms with Crippen LogP contribution in [-0.4, -0.2) is 86.5 Å². The van der Waals surface area contributed by atoms with Crippen LogP contribution in [-0.2, 0) is 23.8 Å². The van der Waals surface area contributed by atoms with E-state index in [0.717, 1.165) is 0 Å². The minimum Gasteiger partial charge on any atom is -0.455 e. The third-order valence-corrected chi connectivity index (χ3v) is 9.95. The molecule has 1 heterocycles. The van der Waals surface area contributed by atoms with Gasteiger partial charge in [0, 0.05) is 25.2 Å². The van der Waals surface area contributed by atoms with Crippen molar-refractivity contribution in [3.8, 4) is 0 Å². The van der Waals surface area contributed by atoms with Gasteiger partial charge in [-0.3, -0.25) is 9.59 Å². The summed E-state index contributed by atoms with van der Waals surface area (Å²) in [6.07, 6.45) is -7.26. The maximum atomic E-state index is 14.3. The van der Waals surface area contributed by atoms with E-state index < -0.39 is 76.2 Å². The van der Waals surface area contributed by atoms with Crippen LogP contribution in [0.5, 0.6) is 0 Å². The Morgan fingerprint density at radius 2 is 1.72 bits per heavy atom. The zero-order valence-electron chi connectivity index (χ0n) is 22.7. The minimum absolute atomic E-state index is 0.0828. The summed E-state index contributed by atoms with van der Waals surface area (Å²) in [5, 5.41) is 46.7. The molecule has 4 aliphatic rings. The van der Waals surface area contributed by atoms with Crippen molar-refractivity contribution < 1.29 is 49.0 Å². The van der Waals surface area contributed by atoms with E-state index in [4.69, 9.17) is 14.2 Å². The molecule has 3 fully saturated rings. The zero-order valence-corrected chi connectivity index (χ0v) is 22.7. The lowest BCUT2D eigenvalue weighted by atomic mass is 9.44. The maximum Gasteiger partial charge on any atom is 0.338 e. The molecule has 0 aromatic heterocycles. The summed E-state index contributed by atoms with van der Waals surface area (Å²) in [5.74, 6) is -3.60.